The highest BCUT2D eigenvalue weighted by atomic mass is 33.1. The van der Waals surface area contributed by atoms with E-state index in [1.165, 1.54) is 0 Å². The molecule has 0 aromatic heterocycles. The van der Waals surface area contributed by atoms with E-state index in [0.29, 0.717) is 19.5 Å². The van der Waals surface area contributed by atoms with Crippen molar-refractivity contribution >= 4 is 36.5 Å². The molecule has 1 heterocycles. The summed E-state index contributed by atoms with van der Waals surface area (Å²) in [6, 6.07) is 0. The van der Waals surface area contributed by atoms with Crippen LogP contribution in [0, 0.1) is 0 Å². The first-order valence-electron chi connectivity index (χ1n) is 3.31. The molecule has 0 atom stereocenters. The first-order valence-corrected chi connectivity index (χ1v) is 6.34. The molecule has 1 saturated heterocycles. The van der Waals surface area contributed by atoms with Gasteiger partial charge in [0.15, 0.2) is 0 Å². The van der Waals surface area contributed by atoms with Crippen LogP contribution in [0.4, 0.5) is 0 Å². The summed E-state index contributed by atoms with van der Waals surface area (Å²) < 4.78 is 1.97. The van der Waals surface area contributed by atoms with Gasteiger partial charge in [-0.3, -0.25) is 13.0 Å². The van der Waals surface area contributed by atoms with Crippen molar-refractivity contribution in [3.05, 3.63) is 0 Å². The zero-order valence-corrected chi connectivity index (χ0v) is 8.36. The predicted molar refractivity (Wildman–Crippen MR) is 51.3 cm³/mol. The molecule has 0 spiro atoms. The Morgan fingerprint density at radius 3 is 2.82 bits per heavy atom. The number of rotatable bonds is 1. The van der Waals surface area contributed by atoms with Gasteiger partial charge < -0.3 is 9.62 Å². The van der Waals surface area contributed by atoms with E-state index in [9.17, 15) is 4.79 Å². The monoisotopic (exact) mass is 209 g/mol. The summed E-state index contributed by atoms with van der Waals surface area (Å²) in [6.45, 7) is 2.18. The van der Waals surface area contributed by atoms with Gasteiger partial charge in [0.2, 0.25) is 5.91 Å². The minimum atomic E-state index is -0.520. The van der Waals surface area contributed by atoms with Crippen LogP contribution >= 0.6 is 0 Å². The van der Waals surface area contributed by atoms with Gasteiger partial charge >= 0.3 is 0 Å². The molecule has 0 unspecified atom stereocenters. The molecule has 1 N–H and O–H groups in total. The standard InChI is InChI=1S/C5H9N2OS3/c8-5-1-3-7(11(9)10)4-2-6-5/h1-4H2,(H,6,8)/q-1. The highest BCUT2D eigenvalue weighted by Gasteiger charge is 2.07. The molecule has 6 heteroatoms. The molecular weight excluding hydrogens is 200 g/mol. The highest BCUT2D eigenvalue weighted by molar-refractivity contribution is 8.45. The number of hydrogen-bond acceptors (Lipinski definition) is 4. The maximum Gasteiger partial charge on any atom is 0.221 e. The third kappa shape index (κ3) is 2.98. The molecule has 0 aromatic rings. The SMILES string of the molecule is O=C1CCN([S-](=S)=S)CCN1. The Morgan fingerprint density at radius 2 is 2.18 bits per heavy atom. The minimum absolute atomic E-state index is 0.1000. The second-order valence-corrected chi connectivity index (χ2v) is 5.72. The van der Waals surface area contributed by atoms with Crippen molar-refractivity contribution < 1.29 is 4.79 Å². The van der Waals surface area contributed by atoms with Crippen LogP contribution < -0.4 is 5.32 Å². The fourth-order valence-corrected chi connectivity index (χ4v) is 2.27. The molecule has 3 nitrogen and oxygen atoms in total. The quantitative estimate of drug-likeness (QED) is 0.577. The van der Waals surface area contributed by atoms with Crippen LogP contribution in [0.5, 0.6) is 0 Å². The smallest absolute Gasteiger partial charge is 0.221 e. The Labute approximate surface area is 77.1 Å². The van der Waals surface area contributed by atoms with E-state index >= 15 is 0 Å². The van der Waals surface area contributed by atoms with Gasteiger partial charge in [-0.1, -0.05) is 0 Å². The van der Waals surface area contributed by atoms with Crippen LogP contribution in [0.25, 0.3) is 0 Å². The lowest BCUT2D eigenvalue weighted by atomic mass is 10.4. The fraction of sp³-hybridized carbons (Fsp3) is 0.800. The lowest BCUT2D eigenvalue weighted by molar-refractivity contribution is -0.120. The highest BCUT2D eigenvalue weighted by Crippen LogP contribution is 1.95. The Hall–Kier alpha value is 0.220. The number of hydrogen-bond donors (Lipinski definition) is 1. The third-order valence-electron chi connectivity index (χ3n) is 1.48. The van der Waals surface area contributed by atoms with Gasteiger partial charge in [0.1, 0.15) is 0 Å². The molecule has 0 bridgehead atoms. The van der Waals surface area contributed by atoms with Crippen LogP contribution in [0.3, 0.4) is 0 Å². The van der Waals surface area contributed by atoms with Gasteiger partial charge in [0.25, 0.3) is 0 Å². The Balaban J connectivity index is 2.53. The molecule has 1 aliphatic heterocycles. The summed E-state index contributed by atoms with van der Waals surface area (Å²) in [5.74, 6) is 0.1000. The molecule has 0 aromatic carbocycles. The van der Waals surface area contributed by atoms with E-state index in [1.807, 2.05) is 4.31 Å². The van der Waals surface area contributed by atoms with E-state index in [-0.39, 0.29) is 5.91 Å². The van der Waals surface area contributed by atoms with Crippen molar-refractivity contribution in [3.63, 3.8) is 0 Å². The molecular formula is C5H9N2OS3-. The second kappa shape index (κ2) is 4.30. The van der Waals surface area contributed by atoms with Crippen molar-refractivity contribution in [3.8, 4) is 0 Å². The molecule has 1 rings (SSSR count). The zero-order chi connectivity index (χ0) is 8.27. The summed E-state index contributed by atoms with van der Waals surface area (Å²) in [5, 5.41) is 2.76. The predicted octanol–water partition coefficient (Wildman–Crippen LogP) is -0.735. The molecule has 64 valence electrons. The number of nitrogens with one attached hydrogen (secondary N) is 1. The van der Waals surface area contributed by atoms with Gasteiger partial charge in [0, 0.05) is 13.0 Å². The second-order valence-electron chi connectivity index (χ2n) is 2.25. The largest absolute Gasteiger partial charge is 0.381 e. The Bertz CT molecular complexity index is 218. The summed E-state index contributed by atoms with van der Waals surface area (Å²) >= 11 is 9.85. The van der Waals surface area contributed by atoms with Crippen molar-refractivity contribution in [2.45, 2.75) is 6.42 Å². The summed E-state index contributed by atoms with van der Waals surface area (Å²) in [6.07, 6.45) is 0.525. The lowest BCUT2D eigenvalue weighted by Gasteiger charge is -2.24. The number of nitrogens with zero attached hydrogens (tertiary/aromatic N) is 1. The Morgan fingerprint density at radius 1 is 1.45 bits per heavy atom. The van der Waals surface area contributed by atoms with Crippen LogP contribution in [-0.4, -0.2) is 29.8 Å². The molecule has 1 aliphatic rings. The van der Waals surface area contributed by atoms with Gasteiger partial charge in [-0.15, -0.1) is 0 Å². The molecule has 0 radical (unpaired) electrons. The topological polar surface area (TPSA) is 32.3 Å². The number of carbonyl (C=O) groups excluding carboxylic acids is 1. The van der Waals surface area contributed by atoms with E-state index in [0.717, 1.165) is 6.54 Å². The van der Waals surface area contributed by atoms with Crippen molar-refractivity contribution in [2.75, 3.05) is 19.6 Å². The average molecular weight is 209 g/mol. The maximum absolute atomic E-state index is 10.8. The van der Waals surface area contributed by atoms with E-state index in [1.54, 1.807) is 0 Å². The first-order chi connectivity index (χ1) is 5.20. The van der Waals surface area contributed by atoms with Crippen LogP contribution in [0.1, 0.15) is 6.42 Å². The van der Waals surface area contributed by atoms with Crippen molar-refractivity contribution in [1.82, 2.24) is 9.62 Å². The average Bonchev–Trinajstić information content (AvgIpc) is 2.13. The molecule has 0 saturated carbocycles. The normalized spacial score (nSPS) is 21.4. The Kier molecular flexibility index (Phi) is 3.64. The molecule has 0 aliphatic carbocycles. The van der Waals surface area contributed by atoms with Crippen molar-refractivity contribution in [1.29, 1.82) is 0 Å². The number of carbonyl (C=O) groups is 1. The molecule has 1 fully saturated rings. The van der Waals surface area contributed by atoms with E-state index in [2.05, 4.69) is 5.32 Å². The minimum Gasteiger partial charge on any atom is -0.381 e. The molecule has 1 amide bonds. The molecule has 11 heavy (non-hydrogen) atoms. The van der Waals surface area contributed by atoms with E-state index in [4.69, 9.17) is 22.4 Å². The summed E-state index contributed by atoms with van der Waals surface area (Å²) in [4.78, 5) is 10.8. The fourth-order valence-electron chi connectivity index (χ4n) is 0.896. The maximum atomic E-state index is 10.8. The van der Waals surface area contributed by atoms with Gasteiger partial charge in [0.05, 0.1) is 0 Å². The van der Waals surface area contributed by atoms with Crippen LogP contribution in [0.15, 0.2) is 0 Å². The van der Waals surface area contributed by atoms with Crippen LogP contribution in [-0.2, 0) is 35.4 Å². The summed E-state index contributed by atoms with van der Waals surface area (Å²) in [5.41, 5.74) is 0. The lowest BCUT2D eigenvalue weighted by Crippen LogP contribution is -2.26. The van der Waals surface area contributed by atoms with Crippen molar-refractivity contribution in [2.24, 2.45) is 0 Å². The van der Waals surface area contributed by atoms with Crippen LogP contribution in [0.2, 0.25) is 0 Å². The van der Waals surface area contributed by atoms with E-state index < -0.39 is 8.20 Å². The van der Waals surface area contributed by atoms with Gasteiger partial charge in [-0.05, 0) is 13.1 Å². The van der Waals surface area contributed by atoms with Gasteiger partial charge in [-0.25, -0.2) is 22.4 Å². The first kappa shape index (κ1) is 9.31. The van der Waals surface area contributed by atoms with Gasteiger partial charge in [-0.2, -0.15) is 0 Å². The summed E-state index contributed by atoms with van der Waals surface area (Å²) in [7, 11) is -0.520. The third-order valence-corrected chi connectivity index (χ3v) is 3.53. The number of amides is 1. The zero-order valence-electron chi connectivity index (χ0n) is 5.91.